The lowest BCUT2D eigenvalue weighted by Gasteiger charge is -2.39. The molecule has 0 bridgehead atoms. The molecule has 0 radical (unpaired) electrons. The second kappa shape index (κ2) is 6.02. The van der Waals surface area contributed by atoms with Crippen LogP contribution in [0.15, 0.2) is 10.9 Å². The molecule has 1 fully saturated rings. The summed E-state index contributed by atoms with van der Waals surface area (Å²) in [6, 6.07) is 1.78. The van der Waals surface area contributed by atoms with Crippen LogP contribution in [0.1, 0.15) is 54.2 Å². The number of hydrogen-bond donors (Lipinski definition) is 3. The lowest BCUT2D eigenvalue weighted by molar-refractivity contribution is 0.0695. The standard InChI is InChI=1S/C16H24N2O3/c1-10-5-4-6-16(8-10,9-19)18-15(21)13-11(2)7-12(3)17-14(13)20/h7,10,19H,4-6,8-9H2,1-3H3,(H,17,20)(H,18,21). The Morgan fingerprint density at radius 2 is 2.24 bits per heavy atom. The summed E-state index contributed by atoms with van der Waals surface area (Å²) in [5, 5.41) is 12.7. The van der Waals surface area contributed by atoms with Gasteiger partial charge in [-0.3, -0.25) is 9.59 Å². The molecule has 2 unspecified atom stereocenters. The Morgan fingerprint density at radius 3 is 2.81 bits per heavy atom. The minimum absolute atomic E-state index is 0.0914. The van der Waals surface area contributed by atoms with Crippen molar-refractivity contribution in [3.8, 4) is 0 Å². The van der Waals surface area contributed by atoms with Gasteiger partial charge in [-0.15, -0.1) is 0 Å². The van der Waals surface area contributed by atoms with Crippen molar-refractivity contribution in [2.75, 3.05) is 6.61 Å². The maximum atomic E-state index is 12.5. The van der Waals surface area contributed by atoms with E-state index in [0.717, 1.165) is 31.4 Å². The van der Waals surface area contributed by atoms with Crippen molar-refractivity contribution in [1.82, 2.24) is 10.3 Å². The smallest absolute Gasteiger partial charge is 0.261 e. The van der Waals surface area contributed by atoms with Crippen LogP contribution in [-0.4, -0.2) is 28.1 Å². The Kier molecular flexibility index (Phi) is 4.52. The average molecular weight is 292 g/mol. The molecule has 1 aliphatic carbocycles. The summed E-state index contributed by atoms with van der Waals surface area (Å²) in [4.78, 5) is 27.2. The van der Waals surface area contributed by atoms with Crippen LogP contribution in [0.2, 0.25) is 0 Å². The third kappa shape index (κ3) is 3.35. The lowest BCUT2D eigenvalue weighted by atomic mass is 9.76. The Balaban J connectivity index is 2.27. The fourth-order valence-corrected chi connectivity index (χ4v) is 3.40. The van der Waals surface area contributed by atoms with Crippen molar-refractivity contribution in [2.45, 2.75) is 52.0 Å². The van der Waals surface area contributed by atoms with Gasteiger partial charge in [0, 0.05) is 5.69 Å². The maximum Gasteiger partial charge on any atom is 0.261 e. The number of aliphatic hydroxyl groups excluding tert-OH is 1. The number of carbonyl (C=O) groups is 1. The summed E-state index contributed by atoms with van der Waals surface area (Å²) >= 11 is 0. The predicted molar refractivity (Wildman–Crippen MR) is 81.5 cm³/mol. The molecule has 5 heteroatoms. The van der Waals surface area contributed by atoms with Crippen molar-refractivity contribution in [3.63, 3.8) is 0 Å². The molecule has 1 saturated carbocycles. The molecule has 2 rings (SSSR count). The van der Waals surface area contributed by atoms with Crippen molar-refractivity contribution < 1.29 is 9.90 Å². The maximum absolute atomic E-state index is 12.5. The molecule has 1 amide bonds. The van der Waals surface area contributed by atoms with Crippen LogP contribution in [-0.2, 0) is 0 Å². The number of aromatic amines is 1. The zero-order valence-electron chi connectivity index (χ0n) is 13.0. The number of rotatable bonds is 3. The van der Waals surface area contributed by atoms with Gasteiger partial charge < -0.3 is 15.4 Å². The third-order valence-electron chi connectivity index (χ3n) is 4.36. The van der Waals surface area contributed by atoms with E-state index >= 15 is 0 Å². The molecule has 2 atom stereocenters. The van der Waals surface area contributed by atoms with Gasteiger partial charge in [-0.1, -0.05) is 19.8 Å². The van der Waals surface area contributed by atoms with E-state index < -0.39 is 11.4 Å². The normalized spacial score (nSPS) is 25.6. The third-order valence-corrected chi connectivity index (χ3v) is 4.36. The van der Waals surface area contributed by atoms with Crippen molar-refractivity contribution in [1.29, 1.82) is 0 Å². The van der Waals surface area contributed by atoms with Gasteiger partial charge in [0.15, 0.2) is 0 Å². The minimum atomic E-state index is -0.599. The highest BCUT2D eigenvalue weighted by molar-refractivity contribution is 5.95. The number of aromatic nitrogens is 1. The Labute approximate surface area is 124 Å². The van der Waals surface area contributed by atoms with Crippen LogP contribution < -0.4 is 10.9 Å². The Hall–Kier alpha value is -1.62. The molecule has 0 aromatic carbocycles. The van der Waals surface area contributed by atoms with E-state index in [4.69, 9.17) is 0 Å². The molecular weight excluding hydrogens is 268 g/mol. The van der Waals surface area contributed by atoms with E-state index in [-0.39, 0.29) is 17.7 Å². The first-order valence-electron chi connectivity index (χ1n) is 7.51. The average Bonchev–Trinajstić information content (AvgIpc) is 2.37. The fourth-order valence-electron chi connectivity index (χ4n) is 3.40. The first-order valence-corrected chi connectivity index (χ1v) is 7.51. The molecule has 0 spiro atoms. The molecule has 0 saturated heterocycles. The number of H-pyrrole nitrogens is 1. The molecule has 3 N–H and O–H groups in total. The molecule has 1 aromatic heterocycles. The number of nitrogens with one attached hydrogen (secondary N) is 2. The van der Waals surface area contributed by atoms with Crippen LogP contribution in [0.25, 0.3) is 0 Å². The number of pyridine rings is 1. The first-order chi connectivity index (χ1) is 9.87. The second-order valence-corrected chi connectivity index (χ2v) is 6.43. The van der Waals surface area contributed by atoms with E-state index in [9.17, 15) is 14.7 Å². The topological polar surface area (TPSA) is 82.2 Å². The molecule has 0 aliphatic heterocycles. The molecule has 21 heavy (non-hydrogen) atoms. The molecule has 5 nitrogen and oxygen atoms in total. The summed E-state index contributed by atoms with van der Waals surface area (Å²) in [5.41, 5.74) is 0.565. The van der Waals surface area contributed by atoms with Crippen molar-refractivity contribution in [2.24, 2.45) is 5.92 Å². The van der Waals surface area contributed by atoms with Gasteiger partial charge in [0.2, 0.25) is 0 Å². The predicted octanol–water partition coefficient (Wildman–Crippen LogP) is 1.66. The zero-order chi connectivity index (χ0) is 15.6. The largest absolute Gasteiger partial charge is 0.394 e. The van der Waals surface area contributed by atoms with Gasteiger partial charge in [0.05, 0.1) is 12.1 Å². The van der Waals surface area contributed by atoms with Gasteiger partial charge in [0.25, 0.3) is 11.5 Å². The number of amides is 1. The number of carbonyl (C=O) groups excluding carboxylic acids is 1. The highest BCUT2D eigenvalue weighted by Crippen LogP contribution is 2.32. The van der Waals surface area contributed by atoms with Crippen LogP contribution in [0.3, 0.4) is 0 Å². The first kappa shape index (κ1) is 15.8. The molecule has 116 valence electrons. The summed E-state index contributed by atoms with van der Waals surface area (Å²) in [6.45, 7) is 5.58. The van der Waals surface area contributed by atoms with Crippen LogP contribution in [0.4, 0.5) is 0 Å². The second-order valence-electron chi connectivity index (χ2n) is 6.43. The van der Waals surface area contributed by atoms with Gasteiger partial charge in [0.1, 0.15) is 5.56 Å². The van der Waals surface area contributed by atoms with E-state index in [0.29, 0.717) is 11.5 Å². The number of hydrogen-bond acceptors (Lipinski definition) is 3. The van der Waals surface area contributed by atoms with Crippen LogP contribution >= 0.6 is 0 Å². The summed E-state index contributed by atoms with van der Waals surface area (Å²) in [6.07, 6.45) is 3.59. The number of aliphatic hydroxyl groups is 1. The molecule has 1 heterocycles. The quantitative estimate of drug-likeness (QED) is 0.792. The van der Waals surface area contributed by atoms with Gasteiger partial charge >= 0.3 is 0 Å². The van der Waals surface area contributed by atoms with Crippen LogP contribution in [0.5, 0.6) is 0 Å². The van der Waals surface area contributed by atoms with E-state index in [1.54, 1.807) is 19.9 Å². The molecule has 1 aliphatic rings. The Morgan fingerprint density at radius 1 is 1.52 bits per heavy atom. The van der Waals surface area contributed by atoms with E-state index in [2.05, 4.69) is 17.2 Å². The van der Waals surface area contributed by atoms with Crippen molar-refractivity contribution >= 4 is 5.91 Å². The summed E-state index contributed by atoms with van der Waals surface area (Å²) in [5.74, 6) is 0.0699. The van der Waals surface area contributed by atoms with Gasteiger partial charge in [-0.25, -0.2) is 0 Å². The van der Waals surface area contributed by atoms with E-state index in [1.165, 1.54) is 0 Å². The van der Waals surface area contributed by atoms with Crippen molar-refractivity contribution in [3.05, 3.63) is 33.2 Å². The highest BCUT2D eigenvalue weighted by atomic mass is 16.3. The Bertz CT molecular complexity index is 594. The number of aryl methyl sites for hydroxylation is 2. The monoisotopic (exact) mass is 292 g/mol. The summed E-state index contributed by atoms with van der Waals surface area (Å²) in [7, 11) is 0. The fraction of sp³-hybridized carbons (Fsp3) is 0.625. The van der Waals surface area contributed by atoms with Gasteiger partial charge in [-0.05, 0) is 44.2 Å². The minimum Gasteiger partial charge on any atom is -0.394 e. The highest BCUT2D eigenvalue weighted by Gasteiger charge is 2.36. The zero-order valence-corrected chi connectivity index (χ0v) is 13.0. The van der Waals surface area contributed by atoms with Gasteiger partial charge in [-0.2, -0.15) is 0 Å². The van der Waals surface area contributed by atoms with E-state index in [1.807, 2.05) is 0 Å². The van der Waals surface area contributed by atoms with Crippen LogP contribution in [0, 0.1) is 19.8 Å². The molecule has 1 aromatic rings. The molecular formula is C16H24N2O3. The SMILES string of the molecule is Cc1cc(C)c(C(=O)NC2(CO)CCCC(C)C2)c(=O)[nH]1. The summed E-state index contributed by atoms with van der Waals surface area (Å²) < 4.78 is 0. The lowest BCUT2D eigenvalue weighted by Crippen LogP contribution is -2.54.